The van der Waals surface area contributed by atoms with Crippen molar-refractivity contribution in [3.8, 4) is 0 Å². The van der Waals surface area contributed by atoms with Crippen molar-refractivity contribution in [2.24, 2.45) is 0 Å². The van der Waals surface area contributed by atoms with E-state index in [2.05, 4.69) is 72.6 Å². The Hall–Kier alpha value is -2.48. The number of ether oxygens (including phenoxy) is 1. The lowest BCUT2D eigenvalue weighted by molar-refractivity contribution is 0.130. The summed E-state index contributed by atoms with van der Waals surface area (Å²) < 4.78 is 6.11. The van der Waals surface area contributed by atoms with Crippen molar-refractivity contribution in [2.45, 2.75) is 32.5 Å². The third-order valence-corrected chi connectivity index (χ3v) is 4.11. The van der Waals surface area contributed by atoms with E-state index in [9.17, 15) is 0 Å². The number of benzene rings is 2. The highest BCUT2D eigenvalue weighted by Gasteiger charge is 2.22. The Morgan fingerprint density at radius 3 is 2.22 bits per heavy atom. The second-order valence-corrected chi connectivity index (χ2v) is 5.77. The molecule has 2 heteroatoms. The molecule has 2 nitrogen and oxygen atoms in total. The van der Waals surface area contributed by atoms with E-state index < -0.39 is 0 Å². The van der Waals surface area contributed by atoms with Crippen LogP contribution in [0.4, 0.5) is 0 Å². The fourth-order valence-corrected chi connectivity index (χ4v) is 2.90. The molecule has 0 fully saturated rings. The van der Waals surface area contributed by atoms with Gasteiger partial charge < -0.3 is 9.64 Å². The Bertz CT molecular complexity index is 661. The lowest BCUT2D eigenvalue weighted by atomic mass is 10.1. The fourth-order valence-electron chi connectivity index (χ4n) is 2.90. The van der Waals surface area contributed by atoms with E-state index in [0.717, 1.165) is 18.7 Å². The number of allylic oxidation sites excluding steroid dienone is 2. The first-order valence-corrected chi connectivity index (χ1v) is 8.21. The van der Waals surface area contributed by atoms with Crippen LogP contribution in [0.15, 0.2) is 84.8 Å². The van der Waals surface area contributed by atoms with Gasteiger partial charge in [0.25, 0.3) is 0 Å². The predicted octanol–water partition coefficient (Wildman–Crippen LogP) is 4.90. The Balaban J connectivity index is 1.66. The number of hydrogen-bond donors (Lipinski definition) is 0. The second-order valence-electron chi connectivity index (χ2n) is 5.77. The maximum atomic E-state index is 6.11. The van der Waals surface area contributed by atoms with Crippen LogP contribution >= 0.6 is 0 Å². The van der Waals surface area contributed by atoms with E-state index in [4.69, 9.17) is 4.74 Å². The lowest BCUT2D eigenvalue weighted by Gasteiger charge is -2.33. The summed E-state index contributed by atoms with van der Waals surface area (Å²) in [4.78, 5) is 2.36. The molecule has 0 bridgehead atoms. The Labute approximate surface area is 138 Å². The predicted molar refractivity (Wildman–Crippen MR) is 94.5 cm³/mol. The Morgan fingerprint density at radius 1 is 0.913 bits per heavy atom. The molecule has 2 aromatic rings. The standard InChI is InChI=1S/C21H23NO/c1-2-20-21(23-17-19-12-7-4-8-13-19)14-9-15-22(20)16-18-10-5-3-6-11-18/h3-15,20H,2,16-17H2,1H3. The molecule has 0 aromatic heterocycles. The van der Waals surface area contributed by atoms with Gasteiger partial charge in [0.1, 0.15) is 12.4 Å². The van der Waals surface area contributed by atoms with Gasteiger partial charge in [0.2, 0.25) is 0 Å². The summed E-state index contributed by atoms with van der Waals surface area (Å²) in [7, 11) is 0. The topological polar surface area (TPSA) is 12.5 Å². The van der Waals surface area contributed by atoms with Gasteiger partial charge in [-0.15, -0.1) is 0 Å². The number of hydrogen-bond acceptors (Lipinski definition) is 2. The van der Waals surface area contributed by atoms with E-state index in [-0.39, 0.29) is 0 Å². The van der Waals surface area contributed by atoms with Crippen molar-refractivity contribution >= 4 is 0 Å². The monoisotopic (exact) mass is 305 g/mol. The third kappa shape index (κ3) is 4.04. The molecule has 1 aliphatic heterocycles. The zero-order valence-electron chi connectivity index (χ0n) is 13.6. The first kappa shape index (κ1) is 15.4. The van der Waals surface area contributed by atoms with E-state index in [1.165, 1.54) is 11.1 Å². The van der Waals surface area contributed by atoms with Crippen molar-refractivity contribution in [1.82, 2.24) is 4.90 Å². The van der Waals surface area contributed by atoms with E-state index >= 15 is 0 Å². The molecule has 1 heterocycles. The van der Waals surface area contributed by atoms with Crippen molar-refractivity contribution in [2.75, 3.05) is 0 Å². The normalized spacial score (nSPS) is 17.0. The van der Waals surface area contributed by atoms with Gasteiger partial charge >= 0.3 is 0 Å². The molecule has 1 unspecified atom stereocenters. The first-order chi connectivity index (χ1) is 11.4. The van der Waals surface area contributed by atoms with E-state index in [0.29, 0.717) is 12.6 Å². The van der Waals surface area contributed by atoms with Crippen LogP contribution in [0.2, 0.25) is 0 Å². The smallest absolute Gasteiger partial charge is 0.119 e. The molecule has 2 aromatic carbocycles. The van der Waals surface area contributed by atoms with Crippen molar-refractivity contribution in [1.29, 1.82) is 0 Å². The highest BCUT2D eigenvalue weighted by molar-refractivity contribution is 5.22. The van der Waals surface area contributed by atoms with Crippen LogP contribution in [-0.4, -0.2) is 10.9 Å². The molecule has 23 heavy (non-hydrogen) atoms. The molecule has 1 atom stereocenters. The summed E-state index contributed by atoms with van der Waals surface area (Å²) >= 11 is 0. The van der Waals surface area contributed by atoms with Crippen molar-refractivity contribution in [3.05, 3.63) is 95.9 Å². The minimum Gasteiger partial charge on any atom is -0.491 e. The first-order valence-electron chi connectivity index (χ1n) is 8.21. The average molecular weight is 305 g/mol. The molecule has 0 saturated heterocycles. The summed E-state index contributed by atoms with van der Waals surface area (Å²) in [5.74, 6) is 1.05. The van der Waals surface area contributed by atoms with Crippen LogP contribution in [0.1, 0.15) is 24.5 Å². The molecule has 3 rings (SSSR count). The minimum absolute atomic E-state index is 0.295. The zero-order chi connectivity index (χ0) is 15.9. The van der Waals surface area contributed by atoms with Gasteiger partial charge in [-0.1, -0.05) is 67.6 Å². The summed E-state index contributed by atoms with van der Waals surface area (Å²) in [6, 6.07) is 21.2. The molecule has 0 N–H and O–H groups in total. The Kier molecular flexibility index (Phi) is 5.15. The highest BCUT2D eigenvalue weighted by atomic mass is 16.5. The van der Waals surface area contributed by atoms with Crippen LogP contribution in [0.25, 0.3) is 0 Å². The number of rotatable bonds is 6. The van der Waals surface area contributed by atoms with Crippen LogP contribution < -0.4 is 0 Å². The van der Waals surface area contributed by atoms with Gasteiger partial charge in [-0.05, 0) is 29.7 Å². The molecular weight excluding hydrogens is 282 g/mol. The van der Waals surface area contributed by atoms with E-state index in [1.54, 1.807) is 0 Å². The summed E-state index contributed by atoms with van der Waals surface area (Å²) in [5.41, 5.74) is 2.52. The molecule has 0 radical (unpaired) electrons. The van der Waals surface area contributed by atoms with Crippen molar-refractivity contribution < 1.29 is 4.74 Å². The number of nitrogens with zero attached hydrogens (tertiary/aromatic N) is 1. The Morgan fingerprint density at radius 2 is 1.57 bits per heavy atom. The largest absolute Gasteiger partial charge is 0.491 e. The van der Waals surface area contributed by atoms with Crippen LogP contribution in [-0.2, 0) is 17.9 Å². The van der Waals surface area contributed by atoms with Gasteiger partial charge in [-0.3, -0.25) is 0 Å². The quantitative estimate of drug-likeness (QED) is 0.753. The average Bonchev–Trinajstić information content (AvgIpc) is 2.62. The molecular formula is C21H23NO. The second kappa shape index (κ2) is 7.68. The van der Waals surface area contributed by atoms with Gasteiger partial charge in [-0.2, -0.15) is 0 Å². The summed E-state index contributed by atoms with van der Waals surface area (Å²) in [6.07, 6.45) is 7.36. The molecule has 1 aliphatic rings. The minimum atomic E-state index is 0.295. The van der Waals surface area contributed by atoms with Crippen molar-refractivity contribution in [3.63, 3.8) is 0 Å². The van der Waals surface area contributed by atoms with E-state index in [1.807, 2.05) is 18.2 Å². The summed E-state index contributed by atoms with van der Waals surface area (Å²) in [6.45, 7) is 3.74. The molecule has 0 aliphatic carbocycles. The van der Waals surface area contributed by atoms with Crippen LogP contribution in [0.5, 0.6) is 0 Å². The van der Waals surface area contributed by atoms with Crippen LogP contribution in [0, 0.1) is 0 Å². The van der Waals surface area contributed by atoms with Crippen LogP contribution in [0.3, 0.4) is 0 Å². The maximum absolute atomic E-state index is 6.11. The highest BCUT2D eigenvalue weighted by Crippen LogP contribution is 2.23. The van der Waals surface area contributed by atoms with Gasteiger partial charge in [0.15, 0.2) is 0 Å². The lowest BCUT2D eigenvalue weighted by Crippen LogP contribution is -2.34. The maximum Gasteiger partial charge on any atom is 0.119 e. The third-order valence-electron chi connectivity index (χ3n) is 4.11. The molecule has 0 spiro atoms. The van der Waals surface area contributed by atoms with Gasteiger partial charge in [0, 0.05) is 12.7 Å². The SMILES string of the molecule is CCC1C(OCc2ccccc2)=CC=CN1Cc1ccccc1. The zero-order valence-corrected chi connectivity index (χ0v) is 13.6. The molecule has 0 amide bonds. The molecule has 118 valence electrons. The van der Waals surface area contributed by atoms with Gasteiger partial charge in [-0.25, -0.2) is 0 Å². The molecule has 0 saturated carbocycles. The summed E-state index contributed by atoms with van der Waals surface area (Å²) in [5, 5.41) is 0. The van der Waals surface area contributed by atoms with Gasteiger partial charge in [0.05, 0.1) is 6.04 Å². The fraction of sp³-hybridized carbons (Fsp3) is 0.238.